The number of rotatable bonds is 2. The molecule has 1 fully saturated rings. The van der Waals surface area contributed by atoms with E-state index in [2.05, 4.69) is 6.92 Å². The maximum Gasteiger partial charge on any atom is 0.220 e. The Hall–Kier alpha value is -0.530. The number of hydrogen-bond donors (Lipinski definition) is 1. The Morgan fingerprint density at radius 1 is 1.60 bits per heavy atom. The summed E-state index contributed by atoms with van der Waals surface area (Å²) in [4.78, 5) is 10.4. The fourth-order valence-electron chi connectivity index (χ4n) is 1.05. The highest BCUT2D eigenvalue weighted by Crippen LogP contribution is 2.40. The van der Waals surface area contributed by atoms with E-state index in [9.17, 15) is 4.79 Å². The zero-order valence-electron chi connectivity index (χ0n) is 7.05. The minimum absolute atomic E-state index is 0.114. The van der Waals surface area contributed by atoms with Gasteiger partial charge in [0.25, 0.3) is 0 Å². The lowest BCUT2D eigenvalue weighted by Crippen LogP contribution is -2.13. The highest BCUT2D eigenvalue weighted by atomic mass is 16.1. The lowest BCUT2D eigenvalue weighted by atomic mass is 10.2. The van der Waals surface area contributed by atoms with Crippen LogP contribution >= 0.6 is 0 Å². The molecule has 0 spiro atoms. The Morgan fingerprint density at radius 2 is 2.10 bits per heavy atom. The maximum absolute atomic E-state index is 10.4. The second kappa shape index (κ2) is 4.31. The summed E-state index contributed by atoms with van der Waals surface area (Å²) in [5, 5.41) is 0. The molecule has 2 heteroatoms. The molecular weight excluding hydrogens is 126 g/mol. The van der Waals surface area contributed by atoms with Crippen molar-refractivity contribution in [2.75, 3.05) is 0 Å². The fraction of sp³-hybridized carbons (Fsp3) is 0.875. The molecule has 1 saturated carbocycles. The van der Waals surface area contributed by atoms with Gasteiger partial charge in [0.05, 0.1) is 0 Å². The van der Waals surface area contributed by atoms with Gasteiger partial charge in [0.2, 0.25) is 5.91 Å². The van der Waals surface area contributed by atoms with E-state index in [0.29, 0.717) is 5.92 Å². The Labute approximate surface area is 62.8 Å². The van der Waals surface area contributed by atoms with Crippen molar-refractivity contribution in [3.05, 3.63) is 0 Å². The average Bonchev–Trinajstić information content (AvgIpc) is 2.70. The van der Waals surface area contributed by atoms with Gasteiger partial charge in [-0.1, -0.05) is 27.2 Å². The first-order chi connectivity index (χ1) is 4.75. The highest BCUT2D eigenvalue weighted by Gasteiger charge is 2.39. The average molecular weight is 143 g/mol. The molecule has 2 atom stereocenters. The molecule has 0 bridgehead atoms. The topological polar surface area (TPSA) is 43.1 Å². The van der Waals surface area contributed by atoms with Gasteiger partial charge in [-0.25, -0.2) is 0 Å². The monoisotopic (exact) mass is 143 g/mol. The summed E-state index contributed by atoms with van der Waals surface area (Å²) in [6.07, 6.45) is 2.14. The molecule has 0 aliphatic heterocycles. The predicted molar refractivity (Wildman–Crippen MR) is 42.4 cm³/mol. The van der Waals surface area contributed by atoms with Gasteiger partial charge in [0.15, 0.2) is 0 Å². The van der Waals surface area contributed by atoms with E-state index < -0.39 is 0 Å². The summed E-state index contributed by atoms with van der Waals surface area (Å²) in [6, 6.07) is 0. The third-order valence-corrected chi connectivity index (χ3v) is 1.81. The molecule has 1 aliphatic carbocycles. The Kier molecular flexibility index (Phi) is 4.08. The van der Waals surface area contributed by atoms with Crippen molar-refractivity contribution in [3.63, 3.8) is 0 Å². The van der Waals surface area contributed by atoms with E-state index >= 15 is 0 Å². The first-order valence-corrected chi connectivity index (χ1v) is 4.05. The Morgan fingerprint density at radius 3 is 2.20 bits per heavy atom. The van der Waals surface area contributed by atoms with Crippen molar-refractivity contribution in [2.24, 2.45) is 17.6 Å². The number of nitrogens with two attached hydrogens (primary N) is 1. The molecule has 60 valence electrons. The molecule has 0 heterocycles. The number of amides is 1. The highest BCUT2D eigenvalue weighted by molar-refractivity contribution is 5.79. The van der Waals surface area contributed by atoms with Gasteiger partial charge in [-0.05, 0) is 12.3 Å². The van der Waals surface area contributed by atoms with Crippen molar-refractivity contribution in [2.45, 2.75) is 33.6 Å². The van der Waals surface area contributed by atoms with Gasteiger partial charge in [0, 0.05) is 5.92 Å². The van der Waals surface area contributed by atoms with Crippen molar-refractivity contribution in [1.82, 2.24) is 0 Å². The maximum atomic E-state index is 10.4. The minimum atomic E-state index is -0.114. The van der Waals surface area contributed by atoms with Gasteiger partial charge in [-0.15, -0.1) is 0 Å². The van der Waals surface area contributed by atoms with Gasteiger partial charge in [0.1, 0.15) is 0 Å². The van der Waals surface area contributed by atoms with Crippen LogP contribution in [0.1, 0.15) is 33.6 Å². The SMILES string of the molecule is CC.CC[C@@H]1CC1C(N)=O. The summed E-state index contributed by atoms with van der Waals surface area (Å²) < 4.78 is 0. The lowest BCUT2D eigenvalue weighted by molar-refractivity contribution is -0.119. The van der Waals surface area contributed by atoms with E-state index in [0.717, 1.165) is 12.8 Å². The summed E-state index contributed by atoms with van der Waals surface area (Å²) in [5.41, 5.74) is 5.02. The summed E-state index contributed by atoms with van der Waals surface area (Å²) in [7, 11) is 0. The van der Waals surface area contributed by atoms with Crippen LogP contribution in [0, 0.1) is 11.8 Å². The molecular formula is C8H17NO. The molecule has 0 aromatic heterocycles. The largest absolute Gasteiger partial charge is 0.369 e. The van der Waals surface area contributed by atoms with Crippen molar-refractivity contribution in [3.8, 4) is 0 Å². The van der Waals surface area contributed by atoms with Crippen molar-refractivity contribution >= 4 is 5.91 Å². The molecule has 0 radical (unpaired) electrons. The van der Waals surface area contributed by atoms with Gasteiger partial charge in [-0.3, -0.25) is 4.79 Å². The van der Waals surface area contributed by atoms with Crippen LogP contribution in [0.3, 0.4) is 0 Å². The number of carbonyl (C=O) groups excluding carboxylic acids is 1. The molecule has 0 aromatic carbocycles. The first kappa shape index (κ1) is 9.47. The van der Waals surface area contributed by atoms with Crippen LogP contribution in [0.5, 0.6) is 0 Å². The quantitative estimate of drug-likeness (QED) is 0.626. The van der Waals surface area contributed by atoms with Gasteiger partial charge >= 0.3 is 0 Å². The van der Waals surface area contributed by atoms with E-state index in [1.54, 1.807) is 0 Å². The second-order valence-electron chi connectivity index (χ2n) is 2.41. The number of primary amides is 1. The Bertz CT molecular complexity index is 112. The predicted octanol–water partition coefficient (Wildman–Crippen LogP) is 1.54. The molecule has 10 heavy (non-hydrogen) atoms. The normalized spacial score (nSPS) is 28.3. The molecule has 2 N–H and O–H groups in total. The number of carbonyl (C=O) groups is 1. The van der Waals surface area contributed by atoms with Crippen LogP contribution in [0.25, 0.3) is 0 Å². The van der Waals surface area contributed by atoms with Crippen LogP contribution in [0.4, 0.5) is 0 Å². The summed E-state index contributed by atoms with van der Waals surface area (Å²) in [5.74, 6) is 0.726. The van der Waals surface area contributed by atoms with E-state index in [-0.39, 0.29) is 11.8 Å². The molecule has 1 aliphatic rings. The van der Waals surface area contributed by atoms with Crippen LogP contribution in [-0.4, -0.2) is 5.91 Å². The summed E-state index contributed by atoms with van der Waals surface area (Å²) in [6.45, 7) is 6.09. The second-order valence-corrected chi connectivity index (χ2v) is 2.41. The molecule has 0 aromatic rings. The van der Waals surface area contributed by atoms with E-state index in [1.807, 2.05) is 13.8 Å². The fourth-order valence-corrected chi connectivity index (χ4v) is 1.05. The van der Waals surface area contributed by atoms with Crippen molar-refractivity contribution < 1.29 is 4.79 Å². The third-order valence-electron chi connectivity index (χ3n) is 1.81. The standard InChI is InChI=1S/C6H11NO.C2H6/c1-2-4-3-5(4)6(7)8;1-2/h4-5H,2-3H2,1H3,(H2,7,8);1-2H3/t4-,5?;/m1./s1. The minimum Gasteiger partial charge on any atom is -0.369 e. The lowest BCUT2D eigenvalue weighted by Gasteiger charge is -1.86. The zero-order valence-corrected chi connectivity index (χ0v) is 7.05. The van der Waals surface area contributed by atoms with Gasteiger partial charge < -0.3 is 5.73 Å². The Balaban J connectivity index is 0.000000371. The first-order valence-electron chi connectivity index (χ1n) is 4.05. The van der Waals surface area contributed by atoms with E-state index in [4.69, 9.17) is 5.73 Å². The molecule has 1 rings (SSSR count). The molecule has 1 unspecified atom stereocenters. The number of hydrogen-bond acceptors (Lipinski definition) is 1. The molecule has 0 saturated heterocycles. The van der Waals surface area contributed by atoms with Crippen LogP contribution in [0.2, 0.25) is 0 Å². The van der Waals surface area contributed by atoms with Gasteiger partial charge in [-0.2, -0.15) is 0 Å². The smallest absolute Gasteiger partial charge is 0.220 e. The van der Waals surface area contributed by atoms with Crippen LogP contribution in [-0.2, 0) is 4.79 Å². The zero-order chi connectivity index (χ0) is 8.15. The summed E-state index contributed by atoms with van der Waals surface area (Å²) >= 11 is 0. The van der Waals surface area contributed by atoms with E-state index in [1.165, 1.54) is 0 Å². The van der Waals surface area contributed by atoms with Crippen molar-refractivity contribution in [1.29, 1.82) is 0 Å². The molecule has 2 nitrogen and oxygen atoms in total. The van der Waals surface area contributed by atoms with Crippen LogP contribution < -0.4 is 5.73 Å². The molecule has 1 amide bonds. The third kappa shape index (κ3) is 2.38. The van der Waals surface area contributed by atoms with Crippen LogP contribution in [0.15, 0.2) is 0 Å².